The first-order valence-corrected chi connectivity index (χ1v) is 8.60. The molecule has 154 valence electrons. The smallest absolute Gasteiger partial charge is 0.357 e. The molecule has 0 amide bonds. The molecule has 0 saturated heterocycles. The van der Waals surface area contributed by atoms with Gasteiger partial charge in [-0.05, 0) is 25.5 Å². The van der Waals surface area contributed by atoms with Crippen molar-refractivity contribution < 1.29 is 13.2 Å². The zero-order chi connectivity index (χ0) is 19.7. The topological polar surface area (TPSA) is 74.2 Å². The van der Waals surface area contributed by atoms with Gasteiger partial charge in [0.05, 0.1) is 6.54 Å². The zero-order valence-electron chi connectivity index (χ0n) is 15.7. The molecule has 28 heavy (non-hydrogen) atoms. The van der Waals surface area contributed by atoms with Gasteiger partial charge in [-0.3, -0.25) is 0 Å². The first-order valence-electron chi connectivity index (χ1n) is 8.60. The second-order valence-electron chi connectivity index (χ2n) is 5.80. The molecule has 2 aromatic rings. The van der Waals surface area contributed by atoms with Crippen LogP contribution >= 0.6 is 24.0 Å². The number of hydrogen-bond donors (Lipinski definition) is 3. The third-order valence-electron chi connectivity index (χ3n) is 3.49. The second-order valence-corrected chi connectivity index (χ2v) is 5.80. The van der Waals surface area contributed by atoms with Crippen molar-refractivity contribution >= 4 is 35.9 Å². The molecule has 1 aromatic heterocycles. The van der Waals surface area contributed by atoms with Gasteiger partial charge in [-0.15, -0.1) is 24.0 Å². The van der Waals surface area contributed by atoms with Gasteiger partial charge in [0, 0.05) is 25.8 Å². The zero-order valence-corrected chi connectivity index (χ0v) is 18.0. The van der Waals surface area contributed by atoms with Crippen LogP contribution in [0.1, 0.15) is 23.7 Å². The third-order valence-corrected chi connectivity index (χ3v) is 3.49. The van der Waals surface area contributed by atoms with Gasteiger partial charge in [-0.1, -0.05) is 29.8 Å². The van der Waals surface area contributed by atoms with E-state index >= 15 is 0 Å². The molecule has 0 unspecified atom stereocenters. The Labute approximate surface area is 179 Å². The Morgan fingerprint density at radius 3 is 2.61 bits per heavy atom. The Bertz CT molecular complexity index is 767. The first-order chi connectivity index (χ1) is 12.9. The van der Waals surface area contributed by atoms with E-state index in [9.17, 15) is 13.2 Å². The monoisotopic (exact) mass is 508 g/mol. The second kappa shape index (κ2) is 11.7. The number of nitrogens with zero attached hydrogens (tertiary/aromatic N) is 3. The standard InChI is InChI=1S/C18H23F3N6.HI/c1-3-22-16(26-12-14-6-4-5-13(2)11-14)24-9-10-25-17-23-8-7-15(27-17)18(19,20)21;/h4-8,11H,3,9-10,12H2,1-2H3,(H2,22,24,26)(H,23,25,27);1H. The van der Waals surface area contributed by atoms with Gasteiger partial charge in [0.15, 0.2) is 5.96 Å². The quantitative estimate of drug-likeness (QED) is 0.231. The van der Waals surface area contributed by atoms with Crippen molar-refractivity contribution in [2.75, 3.05) is 25.0 Å². The lowest BCUT2D eigenvalue weighted by atomic mass is 10.1. The number of hydrogen-bond acceptors (Lipinski definition) is 4. The molecular formula is C18H24F3IN6. The highest BCUT2D eigenvalue weighted by Gasteiger charge is 2.32. The van der Waals surface area contributed by atoms with Gasteiger partial charge in [0.1, 0.15) is 5.69 Å². The van der Waals surface area contributed by atoms with Crippen LogP contribution in [0.3, 0.4) is 0 Å². The fourth-order valence-electron chi connectivity index (χ4n) is 2.28. The molecule has 1 heterocycles. The summed E-state index contributed by atoms with van der Waals surface area (Å²) in [7, 11) is 0. The van der Waals surface area contributed by atoms with Crippen molar-refractivity contribution in [1.29, 1.82) is 0 Å². The summed E-state index contributed by atoms with van der Waals surface area (Å²) in [5, 5.41) is 9.01. The summed E-state index contributed by atoms with van der Waals surface area (Å²) in [4.78, 5) is 11.8. The van der Waals surface area contributed by atoms with Crippen LogP contribution in [0.25, 0.3) is 0 Å². The molecule has 0 bridgehead atoms. The van der Waals surface area contributed by atoms with Crippen molar-refractivity contribution in [2.24, 2.45) is 4.99 Å². The number of aromatic nitrogens is 2. The number of alkyl halides is 3. The Hall–Kier alpha value is -2.11. The number of nitrogens with one attached hydrogen (secondary N) is 3. The maximum Gasteiger partial charge on any atom is 0.433 e. The number of guanidine groups is 1. The predicted molar refractivity (Wildman–Crippen MR) is 115 cm³/mol. The number of anilines is 1. The van der Waals surface area contributed by atoms with Crippen molar-refractivity contribution in [3.8, 4) is 0 Å². The van der Waals surface area contributed by atoms with Crippen LogP contribution in [0.5, 0.6) is 0 Å². The predicted octanol–water partition coefficient (Wildman–Crippen LogP) is 3.59. The highest BCUT2D eigenvalue weighted by atomic mass is 127. The van der Waals surface area contributed by atoms with Crippen LogP contribution in [-0.4, -0.2) is 35.6 Å². The van der Waals surface area contributed by atoms with Crippen LogP contribution < -0.4 is 16.0 Å². The number of halogens is 4. The largest absolute Gasteiger partial charge is 0.433 e. The lowest BCUT2D eigenvalue weighted by Crippen LogP contribution is -2.39. The van der Waals surface area contributed by atoms with Gasteiger partial charge >= 0.3 is 6.18 Å². The minimum Gasteiger partial charge on any atom is -0.357 e. The summed E-state index contributed by atoms with van der Waals surface area (Å²) >= 11 is 0. The van der Waals surface area contributed by atoms with E-state index in [-0.39, 0.29) is 29.9 Å². The number of aliphatic imine (C=N–C) groups is 1. The van der Waals surface area contributed by atoms with Crippen LogP contribution in [0.4, 0.5) is 19.1 Å². The molecule has 0 saturated carbocycles. The van der Waals surface area contributed by atoms with E-state index in [1.54, 1.807) is 0 Å². The van der Waals surface area contributed by atoms with Crippen molar-refractivity contribution in [1.82, 2.24) is 20.6 Å². The molecule has 6 nitrogen and oxygen atoms in total. The molecule has 10 heteroatoms. The van der Waals surface area contributed by atoms with E-state index in [0.717, 1.165) is 17.8 Å². The molecule has 0 aliphatic rings. The minimum absolute atomic E-state index is 0. The van der Waals surface area contributed by atoms with E-state index in [4.69, 9.17) is 0 Å². The van der Waals surface area contributed by atoms with Gasteiger partial charge in [0.25, 0.3) is 0 Å². The molecule has 1 aromatic carbocycles. The Kier molecular flexibility index (Phi) is 9.97. The normalized spacial score (nSPS) is 11.5. The summed E-state index contributed by atoms with van der Waals surface area (Å²) in [5.41, 5.74) is 1.30. The molecule has 0 aliphatic heterocycles. The number of benzene rings is 1. The van der Waals surface area contributed by atoms with Crippen LogP contribution in [0.15, 0.2) is 41.5 Å². The molecule has 3 N–H and O–H groups in total. The molecule has 2 rings (SSSR count). The van der Waals surface area contributed by atoms with E-state index in [1.807, 2.05) is 32.0 Å². The summed E-state index contributed by atoms with van der Waals surface area (Å²) in [6.07, 6.45) is -3.41. The van der Waals surface area contributed by atoms with E-state index < -0.39 is 11.9 Å². The van der Waals surface area contributed by atoms with E-state index in [1.165, 1.54) is 5.56 Å². The lowest BCUT2D eigenvalue weighted by molar-refractivity contribution is -0.141. The summed E-state index contributed by atoms with van der Waals surface area (Å²) < 4.78 is 37.9. The molecule has 0 atom stereocenters. The van der Waals surface area contributed by atoms with Crippen molar-refractivity contribution in [3.63, 3.8) is 0 Å². The fraction of sp³-hybridized carbons (Fsp3) is 0.389. The average Bonchev–Trinajstić information content (AvgIpc) is 2.63. The van der Waals surface area contributed by atoms with Crippen molar-refractivity contribution in [3.05, 3.63) is 53.3 Å². The van der Waals surface area contributed by atoms with Crippen LogP contribution in [0, 0.1) is 6.92 Å². The van der Waals surface area contributed by atoms with Gasteiger partial charge in [-0.25, -0.2) is 15.0 Å². The van der Waals surface area contributed by atoms with E-state index in [0.29, 0.717) is 32.1 Å². The van der Waals surface area contributed by atoms with Gasteiger partial charge in [0.2, 0.25) is 5.95 Å². The summed E-state index contributed by atoms with van der Waals surface area (Å²) in [5.74, 6) is 0.569. The van der Waals surface area contributed by atoms with E-state index in [2.05, 4.69) is 37.0 Å². The molecule has 0 radical (unpaired) electrons. The fourth-order valence-corrected chi connectivity index (χ4v) is 2.28. The maximum atomic E-state index is 12.6. The Balaban J connectivity index is 0.00000392. The Morgan fingerprint density at radius 1 is 1.14 bits per heavy atom. The highest BCUT2D eigenvalue weighted by Crippen LogP contribution is 2.27. The summed E-state index contributed by atoms with van der Waals surface area (Å²) in [6, 6.07) is 8.93. The van der Waals surface area contributed by atoms with Gasteiger partial charge in [-0.2, -0.15) is 13.2 Å². The number of rotatable bonds is 7. The molecule has 0 aliphatic carbocycles. The Morgan fingerprint density at radius 2 is 1.93 bits per heavy atom. The lowest BCUT2D eigenvalue weighted by Gasteiger charge is -2.12. The van der Waals surface area contributed by atoms with Crippen LogP contribution in [-0.2, 0) is 12.7 Å². The first kappa shape index (κ1) is 23.9. The molecule has 0 spiro atoms. The summed E-state index contributed by atoms with van der Waals surface area (Å²) in [6.45, 7) is 6.00. The SMILES string of the molecule is CCNC(=NCc1cccc(C)c1)NCCNc1nccc(C(F)(F)F)n1.I. The average molecular weight is 508 g/mol. The molecule has 0 fully saturated rings. The van der Waals surface area contributed by atoms with Crippen molar-refractivity contribution in [2.45, 2.75) is 26.6 Å². The van der Waals surface area contributed by atoms with Gasteiger partial charge < -0.3 is 16.0 Å². The maximum absolute atomic E-state index is 12.6. The third kappa shape index (κ3) is 8.28. The minimum atomic E-state index is -4.49. The highest BCUT2D eigenvalue weighted by molar-refractivity contribution is 14.0. The molecular weight excluding hydrogens is 484 g/mol. The van der Waals surface area contributed by atoms with Crippen LogP contribution in [0.2, 0.25) is 0 Å². The number of aryl methyl sites for hydroxylation is 1.